The molecule has 0 N–H and O–H groups in total. The van der Waals surface area contributed by atoms with Gasteiger partial charge in [0.25, 0.3) is 0 Å². The molecule has 1 aromatic heterocycles. The van der Waals surface area contributed by atoms with Crippen molar-refractivity contribution in [2.75, 3.05) is 21.3 Å². The SMILES string of the molecule is COc1ccc(-n2nnn(CN(C)Cc3cc(Cl)ccc3OC)c2=S)cc1. The van der Waals surface area contributed by atoms with Crippen molar-refractivity contribution in [3.63, 3.8) is 0 Å². The minimum absolute atomic E-state index is 0.477. The Balaban J connectivity index is 1.75. The van der Waals surface area contributed by atoms with Crippen LogP contribution in [0.5, 0.6) is 11.5 Å². The molecule has 2 aromatic carbocycles. The van der Waals surface area contributed by atoms with Crippen molar-refractivity contribution in [2.45, 2.75) is 13.2 Å². The predicted molar refractivity (Wildman–Crippen MR) is 106 cm³/mol. The maximum Gasteiger partial charge on any atom is 0.221 e. The molecule has 0 saturated carbocycles. The van der Waals surface area contributed by atoms with Crippen LogP contribution in [-0.2, 0) is 13.2 Å². The number of benzene rings is 2. The van der Waals surface area contributed by atoms with E-state index < -0.39 is 0 Å². The number of ether oxygens (including phenoxy) is 2. The molecule has 142 valence electrons. The van der Waals surface area contributed by atoms with Gasteiger partial charge in [0.1, 0.15) is 11.5 Å². The molecule has 0 radical (unpaired) electrons. The summed E-state index contributed by atoms with van der Waals surface area (Å²) in [6.07, 6.45) is 0. The molecular weight excluding hydrogens is 386 g/mol. The summed E-state index contributed by atoms with van der Waals surface area (Å²) >= 11 is 11.6. The van der Waals surface area contributed by atoms with Gasteiger partial charge in [0.2, 0.25) is 4.77 Å². The summed E-state index contributed by atoms with van der Waals surface area (Å²) in [5, 5.41) is 9.00. The van der Waals surface area contributed by atoms with Crippen LogP contribution >= 0.6 is 23.8 Å². The highest BCUT2D eigenvalue weighted by molar-refractivity contribution is 7.71. The standard InChI is InChI=1S/C18H20ClN5O2S/c1-22(11-13-10-14(19)4-9-17(13)26-3)12-23-18(27)24(21-20-23)15-5-7-16(25-2)8-6-15/h4-10H,11-12H2,1-3H3. The quantitative estimate of drug-likeness (QED) is 0.560. The third kappa shape index (κ3) is 4.47. The second-order valence-electron chi connectivity index (χ2n) is 5.98. The Morgan fingerprint density at radius 2 is 1.81 bits per heavy atom. The van der Waals surface area contributed by atoms with Gasteiger partial charge in [-0.15, -0.1) is 0 Å². The summed E-state index contributed by atoms with van der Waals surface area (Å²) in [5.74, 6) is 1.56. The van der Waals surface area contributed by atoms with E-state index >= 15 is 0 Å². The van der Waals surface area contributed by atoms with E-state index in [9.17, 15) is 0 Å². The van der Waals surface area contributed by atoms with Crippen molar-refractivity contribution < 1.29 is 9.47 Å². The fourth-order valence-corrected chi connectivity index (χ4v) is 3.12. The zero-order valence-electron chi connectivity index (χ0n) is 15.3. The second kappa shape index (κ2) is 8.51. The molecule has 0 atom stereocenters. The Kier molecular flexibility index (Phi) is 6.10. The maximum atomic E-state index is 6.10. The van der Waals surface area contributed by atoms with Gasteiger partial charge in [-0.1, -0.05) is 11.6 Å². The average molecular weight is 406 g/mol. The predicted octanol–water partition coefficient (Wildman–Crippen LogP) is 3.56. The Bertz CT molecular complexity index is 971. The first-order valence-electron chi connectivity index (χ1n) is 8.20. The van der Waals surface area contributed by atoms with Crippen LogP contribution in [0.2, 0.25) is 5.02 Å². The van der Waals surface area contributed by atoms with Gasteiger partial charge in [0, 0.05) is 17.1 Å². The van der Waals surface area contributed by atoms with Crippen molar-refractivity contribution in [2.24, 2.45) is 0 Å². The molecule has 27 heavy (non-hydrogen) atoms. The van der Waals surface area contributed by atoms with Gasteiger partial charge in [-0.3, -0.25) is 4.90 Å². The zero-order chi connectivity index (χ0) is 19.4. The molecule has 0 aliphatic heterocycles. The van der Waals surface area contributed by atoms with Gasteiger partial charge < -0.3 is 9.47 Å². The molecule has 9 heteroatoms. The van der Waals surface area contributed by atoms with Gasteiger partial charge in [-0.2, -0.15) is 4.68 Å². The highest BCUT2D eigenvalue weighted by Gasteiger charge is 2.11. The number of aromatic nitrogens is 4. The minimum Gasteiger partial charge on any atom is -0.497 e. The van der Waals surface area contributed by atoms with E-state index in [1.807, 2.05) is 43.4 Å². The third-order valence-electron chi connectivity index (χ3n) is 4.01. The Labute approximate surface area is 167 Å². The molecule has 0 spiro atoms. The number of hydrogen-bond acceptors (Lipinski definition) is 6. The lowest BCUT2D eigenvalue weighted by Crippen LogP contribution is -2.23. The fourth-order valence-electron chi connectivity index (χ4n) is 2.69. The first kappa shape index (κ1) is 19.3. The number of halogens is 1. The van der Waals surface area contributed by atoms with Gasteiger partial charge in [-0.05, 0) is 72.2 Å². The summed E-state index contributed by atoms with van der Waals surface area (Å²) in [4.78, 5) is 2.05. The van der Waals surface area contributed by atoms with Gasteiger partial charge in [-0.25, -0.2) is 4.68 Å². The molecular formula is C18H20ClN5O2S. The van der Waals surface area contributed by atoms with Gasteiger partial charge in [0.05, 0.1) is 26.6 Å². The molecule has 7 nitrogen and oxygen atoms in total. The van der Waals surface area contributed by atoms with Crippen molar-refractivity contribution in [3.8, 4) is 17.2 Å². The molecule has 3 rings (SSSR count). The number of rotatable bonds is 7. The molecule has 1 heterocycles. The van der Waals surface area contributed by atoms with Crippen LogP contribution < -0.4 is 9.47 Å². The average Bonchev–Trinajstić information content (AvgIpc) is 3.02. The van der Waals surface area contributed by atoms with Crippen molar-refractivity contribution in [1.29, 1.82) is 0 Å². The lowest BCUT2D eigenvalue weighted by atomic mass is 10.2. The van der Waals surface area contributed by atoms with Crippen LogP contribution in [-0.4, -0.2) is 46.0 Å². The lowest BCUT2D eigenvalue weighted by Gasteiger charge is -2.18. The first-order chi connectivity index (χ1) is 13.0. The number of methoxy groups -OCH3 is 2. The summed E-state index contributed by atoms with van der Waals surface area (Å²) in [5.41, 5.74) is 1.81. The topological polar surface area (TPSA) is 57.3 Å². The monoisotopic (exact) mass is 405 g/mol. The summed E-state index contributed by atoms with van der Waals surface area (Å²) in [6.45, 7) is 1.10. The van der Waals surface area contributed by atoms with E-state index in [0.29, 0.717) is 23.0 Å². The van der Waals surface area contributed by atoms with E-state index in [2.05, 4.69) is 15.3 Å². The van der Waals surface area contributed by atoms with Crippen molar-refractivity contribution >= 4 is 23.8 Å². The summed E-state index contributed by atoms with van der Waals surface area (Å²) in [6, 6.07) is 13.0. The highest BCUT2D eigenvalue weighted by atomic mass is 35.5. The molecule has 3 aromatic rings. The molecule has 0 amide bonds. The normalized spacial score (nSPS) is 11.0. The molecule has 0 saturated heterocycles. The Morgan fingerprint density at radius 1 is 1.07 bits per heavy atom. The first-order valence-corrected chi connectivity index (χ1v) is 8.98. The summed E-state index contributed by atoms with van der Waals surface area (Å²) in [7, 11) is 5.24. The summed E-state index contributed by atoms with van der Waals surface area (Å²) < 4.78 is 14.4. The second-order valence-corrected chi connectivity index (χ2v) is 6.78. The van der Waals surface area contributed by atoms with Crippen LogP contribution in [0.3, 0.4) is 0 Å². The number of hydrogen-bond donors (Lipinski definition) is 0. The molecule has 0 aliphatic carbocycles. The van der Waals surface area contributed by atoms with E-state index in [0.717, 1.165) is 22.7 Å². The minimum atomic E-state index is 0.477. The highest BCUT2D eigenvalue weighted by Crippen LogP contribution is 2.24. The molecule has 0 fully saturated rings. The van der Waals surface area contributed by atoms with E-state index in [4.69, 9.17) is 33.3 Å². The van der Waals surface area contributed by atoms with Crippen LogP contribution in [0.25, 0.3) is 5.69 Å². The van der Waals surface area contributed by atoms with Crippen LogP contribution in [0, 0.1) is 4.77 Å². The van der Waals surface area contributed by atoms with E-state index in [-0.39, 0.29) is 0 Å². The molecule has 0 bridgehead atoms. The Hall–Kier alpha value is -2.42. The van der Waals surface area contributed by atoms with Crippen LogP contribution in [0.4, 0.5) is 0 Å². The molecule has 0 unspecified atom stereocenters. The fraction of sp³-hybridized carbons (Fsp3) is 0.278. The zero-order valence-corrected chi connectivity index (χ0v) is 16.9. The van der Waals surface area contributed by atoms with E-state index in [1.165, 1.54) is 0 Å². The Morgan fingerprint density at radius 3 is 2.48 bits per heavy atom. The van der Waals surface area contributed by atoms with Gasteiger partial charge in [0.15, 0.2) is 0 Å². The largest absolute Gasteiger partial charge is 0.497 e. The van der Waals surface area contributed by atoms with Crippen molar-refractivity contribution in [3.05, 3.63) is 57.8 Å². The van der Waals surface area contributed by atoms with Crippen molar-refractivity contribution in [1.82, 2.24) is 24.7 Å². The van der Waals surface area contributed by atoms with Crippen LogP contribution in [0.15, 0.2) is 42.5 Å². The van der Waals surface area contributed by atoms with E-state index in [1.54, 1.807) is 29.6 Å². The third-order valence-corrected chi connectivity index (χ3v) is 4.63. The van der Waals surface area contributed by atoms with Crippen LogP contribution in [0.1, 0.15) is 5.56 Å². The number of tetrazole rings is 1. The number of nitrogens with zero attached hydrogens (tertiary/aromatic N) is 5. The maximum absolute atomic E-state index is 6.10. The lowest BCUT2D eigenvalue weighted by molar-refractivity contribution is 0.238. The van der Waals surface area contributed by atoms with Gasteiger partial charge >= 0.3 is 0 Å². The molecule has 0 aliphatic rings. The smallest absolute Gasteiger partial charge is 0.221 e.